The van der Waals surface area contributed by atoms with E-state index >= 15 is 0 Å². The number of nitrogens with two attached hydrogens (primary N) is 1. The van der Waals surface area contributed by atoms with Crippen molar-refractivity contribution in [2.24, 2.45) is 0 Å². The lowest BCUT2D eigenvalue weighted by Gasteiger charge is -2.08. The average molecular weight is 256 g/mol. The van der Waals surface area contributed by atoms with Crippen LogP contribution in [-0.2, 0) is 0 Å². The summed E-state index contributed by atoms with van der Waals surface area (Å²) < 4.78 is 13.4. The summed E-state index contributed by atoms with van der Waals surface area (Å²) in [5, 5.41) is 11.4. The van der Waals surface area contributed by atoms with Gasteiger partial charge in [-0.3, -0.25) is 9.78 Å². The number of halogens is 1. The average Bonchev–Trinajstić information content (AvgIpc) is 2.41. The van der Waals surface area contributed by atoms with Crippen molar-refractivity contribution in [2.75, 3.05) is 11.1 Å². The third-order valence-electron chi connectivity index (χ3n) is 2.43. The number of nitrogen functional groups attached to an aromatic ring is 1. The lowest BCUT2D eigenvalue weighted by molar-refractivity contribution is 0.102. The Morgan fingerprint density at radius 1 is 1.42 bits per heavy atom. The molecule has 2 rings (SSSR count). The topological polar surface area (TPSA) is 91.8 Å². The van der Waals surface area contributed by atoms with Crippen LogP contribution in [0.15, 0.2) is 36.7 Å². The van der Waals surface area contributed by atoms with Gasteiger partial charge in [0.2, 0.25) is 0 Å². The molecule has 0 atom stereocenters. The highest BCUT2D eigenvalue weighted by Crippen LogP contribution is 2.19. The highest BCUT2D eigenvalue weighted by atomic mass is 19.1. The van der Waals surface area contributed by atoms with E-state index in [1.165, 1.54) is 24.4 Å². The fraction of sp³-hybridized carbons (Fsp3) is 0. The van der Waals surface area contributed by atoms with Crippen molar-refractivity contribution in [3.63, 3.8) is 0 Å². The van der Waals surface area contributed by atoms with Crippen LogP contribution in [-0.4, -0.2) is 10.9 Å². The molecule has 19 heavy (non-hydrogen) atoms. The van der Waals surface area contributed by atoms with Crippen LogP contribution in [0.4, 0.5) is 15.8 Å². The summed E-state index contributed by atoms with van der Waals surface area (Å²) in [5.41, 5.74) is 6.29. The predicted molar refractivity (Wildman–Crippen MR) is 67.7 cm³/mol. The van der Waals surface area contributed by atoms with Gasteiger partial charge in [-0.1, -0.05) is 0 Å². The highest BCUT2D eigenvalue weighted by molar-refractivity contribution is 6.05. The van der Waals surface area contributed by atoms with Crippen molar-refractivity contribution in [2.45, 2.75) is 0 Å². The van der Waals surface area contributed by atoms with E-state index in [1.54, 1.807) is 6.07 Å². The molecule has 0 bridgehead atoms. The SMILES string of the molecule is N#Cc1cc(N)ccc1NC(=O)c1ccncc1F. The summed E-state index contributed by atoms with van der Waals surface area (Å²) in [6.45, 7) is 0. The van der Waals surface area contributed by atoms with Crippen LogP contribution in [0.3, 0.4) is 0 Å². The van der Waals surface area contributed by atoms with Crippen LogP contribution in [0.25, 0.3) is 0 Å². The number of nitrogens with zero attached hydrogens (tertiary/aromatic N) is 2. The van der Waals surface area contributed by atoms with Gasteiger partial charge in [-0.15, -0.1) is 0 Å². The minimum Gasteiger partial charge on any atom is -0.399 e. The molecule has 0 fully saturated rings. The molecular weight excluding hydrogens is 247 g/mol. The molecule has 0 aliphatic heterocycles. The quantitative estimate of drug-likeness (QED) is 0.803. The molecule has 0 saturated carbocycles. The van der Waals surface area contributed by atoms with Crippen LogP contribution >= 0.6 is 0 Å². The Kier molecular flexibility index (Phi) is 3.39. The Morgan fingerprint density at radius 3 is 2.89 bits per heavy atom. The van der Waals surface area contributed by atoms with Gasteiger partial charge in [0.1, 0.15) is 6.07 Å². The molecule has 94 valence electrons. The zero-order chi connectivity index (χ0) is 13.8. The van der Waals surface area contributed by atoms with Crippen molar-refractivity contribution >= 4 is 17.3 Å². The van der Waals surface area contributed by atoms with Gasteiger partial charge in [-0.05, 0) is 24.3 Å². The van der Waals surface area contributed by atoms with Crippen molar-refractivity contribution < 1.29 is 9.18 Å². The Hall–Kier alpha value is -2.94. The predicted octanol–water partition coefficient (Wildman–Crippen LogP) is 1.93. The van der Waals surface area contributed by atoms with Gasteiger partial charge < -0.3 is 11.1 Å². The van der Waals surface area contributed by atoms with Crippen LogP contribution < -0.4 is 11.1 Å². The zero-order valence-corrected chi connectivity index (χ0v) is 9.72. The van der Waals surface area contributed by atoms with Crippen LogP contribution in [0.1, 0.15) is 15.9 Å². The first kappa shape index (κ1) is 12.5. The molecule has 0 aliphatic rings. The minimum absolute atomic E-state index is 0.143. The number of nitriles is 1. The number of carbonyl (C=O) groups excluding carboxylic acids is 1. The summed E-state index contributed by atoms with van der Waals surface area (Å²) in [6.07, 6.45) is 2.26. The Morgan fingerprint density at radius 2 is 2.21 bits per heavy atom. The maximum absolute atomic E-state index is 13.4. The molecule has 2 aromatic rings. The number of aromatic nitrogens is 1. The number of benzene rings is 1. The number of hydrogen-bond donors (Lipinski definition) is 2. The van der Waals surface area contributed by atoms with E-state index in [9.17, 15) is 9.18 Å². The van der Waals surface area contributed by atoms with Crippen LogP contribution in [0.5, 0.6) is 0 Å². The van der Waals surface area contributed by atoms with E-state index in [1.807, 2.05) is 6.07 Å². The lowest BCUT2D eigenvalue weighted by atomic mass is 10.1. The summed E-state index contributed by atoms with van der Waals surface area (Å²) >= 11 is 0. The Bertz CT molecular complexity index is 679. The highest BCUT2D eigenvalue weighted by Gasteiger charge is 2.13. The van der Waals surface area contributed by atoms with Gasteiger partial charge in [0.15, 0.2) is 5.82 Å². The number of rotatable bonds is 2. The Labute approximate surface area is 108 Å². The molecule has 1 aromatic carbocycles. The molecule has 0 spiro atoms. The smallest absolute Gasteiger partial charge is 0.258 e. The summed E-state index contributed by atoms with van der Waals surface area (Å²) in [4.78, 5) is 15.4. The molecule has 3 N–H and O–H groups in total. The standard InChI is InChI=1S/C13H9FN4O/c14-11-7-17-4-3-10(11)13(19)18-12-2-1-9(16)5-8(12)6-15/h1-5,7H,16H2,(H,18,19). The van der Waals surface area contributed by atoms with E-state index in [4.69, 9.17) is 11.0 Å². The molecule has 6 heteroatoms. The van der Waals surface area contributed by atoms with E-state index in [0.29, 0.717) is 5.69 Å². The summed E-state index contributed by atoms with van der Waals surface area (Å²) in [5.74, 6) is -1.38. The maximum Gasteiger partial charge on any atom is 0.258 e. The second-order valence-electron chi connectivity index (χ2n) is 3.73. The van der Waals surface area contributed by atoms with Crippen molar-refractivity contribution in [3.05, 3.63) is 53.6 Å². The zero-order valence-electron chi connectivity index (χ0n) is 9.72. The van der Waals surface area contributed by atoms with Crippen LogP contribution in [0.2, 0.25) is 0 Å². The normalized spacial score (nSPS) is 9.68. The first-order valence-corrected chi connectivity index (χ1v) is 5.32. The van der Waals surface area contributed by atoms with Crippen molar-refractivity contribution in [1.82, 2.24) is 4.98 Å². The third kappa shape index (κ3) is 2.66. The molecule has 1 heterocycles. The lowest BCUT2D eigenvalue weighted by Crippen LogP contribution is -2.14. The first-order valence-electron chi connectivity index (χ1n) is 5.32. The molecule has 0 saturated heterocycles. The third-order valence-corrected chi connectivity index (χ3v) is 2.43. The second kappa shape index (κ2) is 5.14. The second-order valence-corrected chi connectivity index (χ2v) is 3.73. The van der Waals surface area contributed by atoms with E-state index in [0.717, 1.165) is 6.20 Å². The molecule has 0 unspecified atom stereocenters. The molecule has 0 aliphatic carbocycles. The van der Waals surface area contributed by atoms with Crippen molar-refractivity contribution in [1.29, 1.82) is 5.26 Å². The van der Waals surface area contributed by atoms with Gasteiger partial charge in [-0.2, -0.15) is 5.26 Å². The fourth-order valence-corrected chi connectivity index (χ4v) is 1.51. The fourth-order valence-electron chi connectivity index (χ4n) is 1.51. The molecule has 0 radical (unpaired) electrons. The van der Waals surface area contributed by atoms with Gasteiger partial charge in [-0.25, -0.2) is 4.39 Å². The van der Waals surface area contributed by atoms with E-state index in [-0.39, 0.29) is 16.8 Å². The van der Waals surface area contributed by atoms with Gasteiger partial charge >= 0.3 is 0 Å². The number of hydrogen-bond acceptors (Lipinski definition) is 4. The number of pyridine rings is 1. The number of carbonyl (C=O) groups is 1. The molecule has 1 aromatic heterocycles. The van der Waals surface area contributed by atoms with Crippen LogP contribution in [0, 0.1) is 17.1 Å². The largest absolute Gasteiger partial charge is 0.399 e. The maximum atomic E-state index is 13.4. The number of anilines is 2. The molecule has 5 nitrogen and oxygen atoms in total. The van der Waals surface area contributed by atoms with E-state index < -0.39 is 11.7 Å². The summed E-state index contributed by atoms with van der Waals surface area (Å²) in [7, 11) is 0. The number of amides is 1. The Balaban J connectivity index is 2.30. The van der Waals surface area contributed by atoms with Gasteiger partial charge in [0.25, 0.3) is 5.91 Å². The monoisotopic (exact) mass is 256 g/mol. The molecule has 1 amide bonds. The first-order chi connectivity index (χ1) is 9.11. The minimum atomic E-state index is -0.728. The van der Waals surface area contributed by atoms with Gasteiger partial charge in [0.05, 0.1) is 23.0 Å². The van der Waals surface area contributed by atoms with E-state index in [2.05, 4.69) is 10.3 Å². The van der Waals surface area contributed by atoms with Gasteiger partial charge in [0, 0.05) is 11.9 Å². The summed E-state index contributed by atoms with van der Waals surface area (Å²) in [6, 6.07) is 7.63. The van der Waals surface area contributed by atoms with Crippen molar-refractivity contribution in [3.8, 4) is 6.07 Å². The number of nitrogens with one attached hydrogen (secondary N) is 1. The molecular formula is C13H9FN4O.